The summed E-state index contributed by atoms with van der Waals surface area (Å²) < 4.78 is 22.6. The van der Waals surface area contributed by atoms with Crippen molar-refractivity contribution < 1.29 is 28.2 Å². The molecule has 0 bridgehead atoms. The van der Waals surface area contributed by atoms with Crippen molar-refractivity contribution in [1.82, 2.24) is 0 Å². The summed E-state index contributed by atoms with van der Waals surface area (Å²) >= 11 is 0. The summed E-state index contributed by atoms with van der Waals surface area (Å²) in [6, 6.07) is 1.83. The van der Waals surface area contributed by atoms with E-state index < -0.39 is 16.9 Å². The number of hydrogen-bond donors (Lipinski definition) is 0. The van der Waals surface area contributed by atoms with Gasteiger partial charge in [-0.3, -0.25) is 9.59 Å². The third kappa shape index (κ3) is 2.72. The maximum absolute atomic E-state index is 13.0. The molecule has 6 nitrogen and oxygen atoms in total. The van der Waals surface area contributed by atoms with Gasteiger partial charge in [0.25, 0.3) is 0 Å². The minimum atomic E-state index is -0.697. The van der Waals surface area contributed by atoms with E-state index in [9.17, 15) is 9.59 Å². The zero-order chi connectivity index (χ0) is 19.2. The van der Waals surface area contributed by atoms with E-state index in [0.29, 0.717) is 6.42 Å². The molecule has 0 N–H and O–H groups in total. The smallest absolute Gasteiger partial charge is 0.312 e. The molecule has 1 saturated carbocycles. The molecule has 1 aliphatic carbocycles. The molecule has 148 valence electrons. The Morgan fingerprint density at radius 1 is 1.30 bits per heavy atom. The summed E-state index contributed by atoms with van der Waals surface area (Å²) in [5.74, 6) is -1.08. The highest BCUT2D eigenvalue weighted by Gasteiger charge is 2.66. The first-order valence-corrected chi connectivity index (χ1v) is 9.89. The normalized spacial score (nSPS) is 41.7. The van der Waals surface area contributed by atoms with Crippen molar-refractivity contribution in [2.75, 3.05) is 7.11 Å². The first-order valence-electron chi connectivity index (χ1n) is 9.89. The van der Waals surface area contributed by atoms with Gasteiger partial charge in [-0.05, 0) is 45.1 Å². The van der Waals surface area contributed by atoms with E-state index in [0.717, 1.165) is 37.7 Å². The molecule has 4 rings (SSSR count). The molecular weight excluding hydrogens is 348 g/mol. The largest absolute Gasteiger partial charge is 0.472 e. The van der Waals surface area contributed by atoms with Crippen LogP contribution in [0.4, 0.5) is 0 Å². The predicted molar refractivity (Wildman–Crippen MR) is 95.6 cm³/mol. The predicted octanol–water partition coefficient (Wildman–Crippen LogP) is 3.80. The van der Waals surface area contributed by atoms with Crippen molar-refractivity contribution in [3.63, 3.8) is 0 Å². The van der Waals surface area contributed by atoms with E-state index in [2.05, 4.69) is 13.8 Å². The summed E-state index contributed by atoms with van der Waals surface area (Å²) in [5, 5.41) is 0. The molecular formula is C21H28O6. The van der Waals surface area contributed by atoms with E-state index >= 15 is 0 Å². The Balaban J connectivity index is 1.72. The number of carbonyl (C=O) groups is 2. The summed E-state index contributed by atoms with van der Waals surface area (Å²) in [4.78, 5) is 25.6. The topological polar surface area (TPSA) is 75.0 Å². The van der Waals surface area contributed by atoms with Crippen LogP contribution in [0.2, 0.25) is 0 Å². The number of esters is 2. The van der Waals surface area contributed by atoms with Gasteiger partial charge in [0.15, 0.2) is 0 Å². The van der Waals surface area contributed by atoms with Gasteiger partial charge in [-0.1, -0.05) is 6.92 Å². The molecule has 2 saturated heterocycles. The summed E-state index contributed by atoms with van der Waals surface area (Å²) in [6.45, 7) is 4.16. The van der Waals surface area contributed by atoms with E-state index in [1.54, 1.807) is 12.5 Å². The fourth-order valence-corrected chi connectivity index (χ4v) is 5.77. The summed E-state index contributed by atoms with van der Waals surface area (Å²) in [6.07, 6.45) is 7.58. The van der Waals surface area contributed by atoms with Crippen LogP contribution in [0.25, 0.3) is 0 Å². The Kier molecular flexibility index (Phi) is 4.57. The molecule has 1 aromatic heterocycles. The van der Waals surface area contributed by atoms with E-state index in [1.807, 2.05) is 6.07 Å². The molecule has 0 aromatic carbocycles. The molecule has 2 aliphatic heterocycles. The minimum absolute atomic E-state index is 0.0512. The number of methoxy groups -OCH3 is 1. The zero-order valence-corrected chi connectivity index (χ0v) is 16.2. The van der Waals surface area contributed by atoms with Crippen molar-refractivity contribution in [2.45, 2.75) is 70.2 Å². The van der Waals surface area contributed by atoms with Crippen LogP contribution in [0.3, 0.4) is 0 Å². The second-order valence-corrected chi connectivity index (χ2v) is 8.51. The molecule has 0 amide bonds. The first kappa shape index (κ1) is 18.5. The molecule has 3 aliphatic rings. The molecule has 3 fully saturated rings. The Bertz CT molecular complexity index is 712. The fourth-order valence-electron chi connectivity index (χ4n) is 5.77. The Morgan fingerprint density at radius 3 is 2.81 bits per heavy atom. The fraction of sp³-hybridized carbons (Fsp3) is 0.714. The quantitative estimate of drug-likeness (QED) is 0.747. The van der Waals surface area contributed by atoms with Gasteiger partial charge in [0.1, 0.15) is 6.10 Å². The lowest BCUT2D eigenvalue weighted by Crippen LogP contribution is -2.65. The first-order chi connectivity index (χ1) is 12.9. The summed E-state index contributed by atoms with van der Waals surface area (Å²) in [5.41, 5.74) is -0.273. The molecule has 3 heterocycles. The number of fused-ring (bicyclic) bond motifs is 1. The van der Waals surface area contributed by atoms with Crippen LogP contribution in [0.15, 0.2) is 23.0 Å². The van der Waals surface area contributed by atoms with Gasteiger partial charge in [-0.15, -0.1) is 0 Å². The molecule has 27 heavy (non-hydrogen) atoms. The SMILES string of the molecule is COC(=O)C1CCCC2(C3CC(c4ccoc4)OC3=O)OC(C)CCC12C. The lowest BCUT2D eigenvalue weighted by molar-refractivity contribution is -0.256. The van der Waals surface area contributed by atoms with Crippen LogP contribution < -0.4 is 0 Å². The molecule has 6 unspecified atom stereocenters. The van der Waals surface area contributed by atoms with Gasteiger partial charge in [0, 0.05) is 17.4 Å². The lowest BCUT2D eigenvalue weighted by atomic mass is 9.51. The standard InChI is InChI=1S/C21H28O6/c1-13-6-9-20(2)15(18(22)24-3)5-4-8-21(20,27-13)16-11-17(26-19(16)23)14-7-10-25-12-14/h7,10,12-13,15-17H,4-6,8-9,11H2,1-3H3. The van der Waals surface area contributed by atoms with Gasteiger partial charge >= 0.3 is 11.9 Å². The maximum atomic E-state index is 13.0. The Morgan fingerprint density at radius 2 is 2.11 bits per heavy atom. The number of rotatable bonds is 3. The van der Waals surface area contributed by atoms with Gasteiger partial charge in [0.05, 0.1) is 43.2 Å². The third-order valence-electron chi connectivity index (χ3n) is 7.21. The summed E-state index contributed by atoms with van der Waals surface area (Å²) in [7, 11) is 1.44. The lowest BCUT2D eigenvalue weighted by Gasteiger charge is -2.60. The third-order valence-corrected chi connectivity index (χ3v) is 7.21. The van der Waals surface area contributed by atoms with Crippen molar-refractivity contribution in [1.29, 1.82) is 0 Å². The molecule has 0 spiro atoms. The number of cyclic esters (lactones) is 1. The maximum Gasteiger partial charge on any atom is 0.312 e. The van der Waals surface area contributed by atoms with Crippen LogP contribution >= 0.6 is 0 Å². The number of carbonyl (C=O) groups excluding carboxylic acids is 2. The number of furan rings is 1. The zero-order valence-electron chi connectivity index (χ0n) is 16.2. The monoisotopic (exact) mass is 376 g/mol. The average molecular weight is 376 g/mol. The Labute approximate surface area is 159 Å². The van der Waals surface area contributed by atoms with E-state index in [1.165, 1.54) is 7.11 Å². The van der Waals surface area contributed by atoms with Crippen LogP contribution in [0, 0.1) is 17.3 Å². The van der Waals surface area contributed by atoms with Gasteiger partial charge in [0.2, 0.25) is 0 Å². The van der Waals surface area contributed by atoms with Crippen molar-refractivity contribution in [3.05, 3.63) is 24.2 Å². The highest BCUT2D eigenvalue weighted by atomic mass is 16.6. The van der Waals surface area contributed by atoms with Crippen molar-refractivity contribution in [2.24, 2.45) is 17.3 Å². The highest BCUT2D eigenvalue weighted by molar-refractivity contribution is 5.78. The van der Waals surface area contributed by atoms with Crippen molar-refractivity contribution >= 4 is 11.9 Å². The minimum Gasteiger partial charge on any atom is -0.472 e. The van der Waals surface area contributed by atoms with Gasteiger partial charge in [-0.25, -0.2) is 0 Å². The molecule has 1 aromatic rings. The molecule has 6 heteroatoms. The second kappa shape index (κ2) is 6.66. The molecule has 6 atom stereocenters. The second-order valence-electron chi connectivity index (χ2n) is 8.51. The van der Waals surface area contributed by atoms with Crippen LogP contribution in [0.1, 0.15) is 64.0 Å². The van der Waals surface area contributed by atoms with Crippen LogP contribution in [-0.4, -0.2) is 30.8 Å². The average Bonchev–Trinajstić information content (AvgIpc) is 3.30. The number of hydrogen-bond acceptors (Lipinski definition) is 6. The van der Waals surface area contributed by atoms with E-state index in [4.69, 9.17) is 18.6 Å². The highest BCUT2D eigenvalue weighted by Crippen LogP contribution is 2.62. The van der Waals surface area contributed by atoms with Gasteiger partial charge < -0.3 is 18.6 Å². The van der Waals surface area contributed by atoms with Crippen LogP contribution in [-0.2, 0) is 23.8 Å². The van der Waals surface area contributed by atoms with Crippen LogP contribution in [0.5, 0.6) is 0 Å². The molecule has 0 radical (unpaired) electrons. The van der Waals surface area contributed by atoms with E-state index in [-0.39, 0.29) is 30.1 Å². The number of ether oxygens (including phenoxy) is 3. The van der Waals surface area contributed by atoms with Crippen molar-refractivity contribution in [3.8, 4) is 0 Å². The Hall–Kier alpha value is -1.82. The van der Waals surface area contributed by atoms with Gasteiger partial charge in [-0.2, -0.15) is 0 Å².